The molecule has 0 N–H and O–H groups in total. The third-order valence-corrected chi connectivity index (χ3v) is 11.6. The van der Waals surface area contributed by atoms with Crippen molar-refractivity contribution < 1.29 is 9.47 Å². The second-order valence-electron chi connectivity index (χ2n) is 16.4. The van der Waals surface area contributed by atoms with Gasteiger partial charge in [-0.1, -0.05) is 149 Å². The van der Waals surface area contributed by atoms with E-state index in [9.17, 15) is 0 Å². The van der Waals surface area contributed by atoms with Crippen LogP contribution in [0.15, 0.2) is 133 Å². The minimum atomic E-state index is -0.838. The molecule has 1 fully saturated rings. The van der Waals surface area contributed by atoms with Crippen molar-refractivity contribution in [3.8, 4) is 33.8 Å². The van der Waals surface area contributed by atoms with Crippen LogP contribution in [0.5, 0.6) is 11.5 Å². The van der Waals surface area contributed by atoms with Gasteiger partial charge in [0.1, 0.15) is 11.5 Å². The minimum absolute atomic E-state index is 0.115. The van der Waals surface area contributed by atoms with Crippen LogP contribution in [0.1, 0.15) is 74.8 Å². The van der Waals surface area contributed by atoms with E-state index in [2.05, 4.69) is 155 Å². The Bertz CT molecular complexity index is 2270. The molecule has 1 heterocycles. The number of ether oxygens (including phenoxy) is 2. The monoisotopic (exact) mass is 652 g/mol. The fraction of sp³-hybridized carbons (Fsp3) is 0.250. The van der Waals surface area contributed by atoms with Crippen LogP contribution in [0.4, 0.5) is 0 Å². The Balaban J connectivity index is 1.31. The van der Waals surface area contributed by atoms with E-state index in [-0.39, 0.29) is 16.2 Å². The van der Waals surface area contributed by atoms with Gasteiger partial charge in [-0.2, -0.15) is 0 Å². The maximum absolute atomic E-state index is 7.66. The van der Waals surface area contributed by atoms with Crippen molar-refractivity contribution in [2.24, 2.45) is 10.8 Å². The standard InChI is InChI=1S/C48H44O2/c1-45(2)29-46(3,4)31-47(30-45)41-18-12-11-17-39(41)42-37-15-9-10-16-38(37)44-40(43(42)47)27-28-48(50-44,35-23-25-36(49-5)26-24-35)34-21-19-33(20-22-34)32-13-7-6-8-14-32/h6-28H,29-31H2,1-5H3. The molecule has 2 heteroatoms. The van der Waals surface area contributed by atoms with Crippen molar-refractivity contribution >= 4 is 16.8 Å². The smallest absolute Gasteiger partial charge is 0.178 e. The Hall–Kier alpha value is -5.08. The summed E-state index contributed by atoms with van der Waals surface area (Å²) in [6, 6.07) is 46.0. The number of benzene rings is 6. The highest BCUT2D eigenvalue weighted by Crippen LogP contribution is 2.66. The molecule has 9 rings (SSSR count). The normalized spacial score (nSPS) is 20.5. The van der Waals surface area contributed by atoms with Crippen molar-refractivity contribution in [2.75, 3.05) is 7.11 Å². The van der Waals surface area contributed by atoms with Crippen LogP contribution in [0.3, 0.4) is 0 Å². The summed E-state index contributed by atoms with van der Waals surface area (Å²) in [6.45, 7) is 9.90. The molecule has 6 aromatic carbocycles. The van der Waals surface area contributed by atoms with E-state index in [0.29, 0.717) is 0 Å². The van der Waals surface area contributed by atoms with Crippen LogP contribution < -0.4 is 9.47 Å². The first-order valence-corrected chi connectivity index (χ1v) is 18.0. The number of rotatable bonds is 4. The summed E-state index contributed by atoms with van der Waals surface area (Å²) in [5.41, 5.74) is 10.9. The highest BCUT2D eigenvalue weighted by Gasteiger charge is 2.55. The predicted molar refractivity (Wildman–Crippen MR) is 207 cm³/mol. The summed E-state index contributed by atoms with van der Waals surface area (Å²) < 4.78 is 13.3. The van der Waals surface area contributed by atoms with Crippen LogP contribution >= 0.6 is 0 Å². The van der Waals surface area contributed by atoms with E-state index in [4.69, 9.17) is 9.47 Å². The van der Waals surface area contributed by atoms with Crippen LogP contribution in [0, 0.1) is 10.8 Å². The van der Waals surface area contributed by atoms with Crippen molar-refractivity contribution in [1.82, 2.24) is 0 Å². The van der Waals surface area contributed by atoms with Gasteiger partial charge >= 0.3 is 0 Å². The van der Waals surface area contributed by atoms with Gasteiger partial charge in [-0.25, -0.2) is 0 Å². The van der Waals surface area contributed by atoms with Crippen LogP contribution in [-0.2, 0) is 11.0 Å². The van der Waals surface area contributed by atoms with Gasteiger partial charge in [-0.05, 0) is 87.1 Å². The lowest BCUT2D eigenvalue weighted by molar-refractivity contribution is 0.0642. The second kappa shape index (κ2) is 11.0. The third-order valence-electron chi connectivity index (χ3n) is 11.6. The summed E-state index contributed by atoms with van der Waals surface area (Å²) in [5.74, 6) is 1.80. The van der Waals surface area contributed by atoms with Crippen LogP contribution in [0.25, 0.3) is 39.1 Å². The molecule has 248 valence electrons. The zero-order valence-electron chi connectivity index (χ0n) is 29.7. The lowest BCUT2D eigenvalue weighted by atomic mass is 9.52. The highest BCUT2D eigenvalue weighted by atomic mass is 16.5. The lowest BCUT2D eigenvalue weighted by Crippen LogP contribution is -2.44. The van der Waals surface area contributed by atoms with Gasteiger partial charge in [-0.15, -0.1) is 0 Å². The molecule has 0 bridgehead atoms. The molecular weight excluding hydrogens is 609 g/mol. The molecule has 1 saturated carbocycles. The fourth-order valence-electron chi connectivity index (χ4n) is 10.5. The van der Waals surface area contributed by atoms with Crippen molar-refractivity contribution in [3.05, 3.63) is 161 Å². The minimum Gasteiger partial charge on any atom is -0.497 e. The van der Waals surface area contributed by atoms with Gasteiger partial charge in [0.25, 0.3) is 0 Å². The van der Waals surface area contributed by atoms with E-state index in [1.54, 1.807) is 7.11 Å². The van der Waals surface area contributed by atoms with Crippen molar-refractivity contribution in [2.45, 2.75) is 58.0 Å². The molecule has 0 saturated heterocycles. The van der Waals surface area contributed by atoms with E-state index in [0.717, 1.165) is 40.9 Å². The molecule has 3 aliphatic rings. The maximum atomic E-state index is 7.66. The predicted octanol–water partition coefficient (Wildman–Crippen LogP) is 12.4. The van der Waals surface area contributed by atoms with Gasteiger partial charge in [0, 0.05) is 27.5 Å². The van der Waals surface area contributed by atoms with E-state index >= 15 is 0 Å². The molecule has 0 aromatic heterocycles. The van der Waals surface area contributed by atoms with Gasteiger partial charge < -0.3 is 9.47 Å². The summed E-state index contributed by atoms with van der Waals surface area (Å²) in [7, 11) is 1.72. The van der Waals surface area contributed by atoms with Crippen molar-refractivity contribution in [1.29, 1.82) is 0 Å². The van der Waals surface area contributed by atoms with E-state index < -0.39 is 5.60 Å². The largest absolute Gasteiger partial charge is 0.497 e. The summed E-state index contributed by atoms with van der Waals surface area (Å²) in [5, 5.41) is 2.43. The van der Waals surface area contributed by atoms with Crippen molar-refractivity contribution in [3.63, 3.8) is 0 Å². The maximum Gasteiger partial charge on any atom is 0.178 e. The van der Waals surface area contributed by atoms with E-state index in [1.807, 2.05) is 12.1 Å². The Morgan fingerprint density at radius 2 is 1.16 bits per heavy atom. The van der Waals surface area contributed by atoms with Crippen LogP contribution in [0.2, 0.25) is 0 Å². The Labute approximate surface area is 296 Å². The molecule has 1 unspecified atom stereocenters. The van der Waals surface area contributed by atoms with Gasteiger partial charge in [0.15, 0.2) is 5.60 Å². The van der Waals surface area contributed by atoms with Gasteiger partial charge in [-0.3, -0.25) is 0 Å². The molecule has 50 heavy (non-hydrogen) atoms. The fourth-order valence-corrected chi connectivity index (χ4v) is 10.5. The SMILES string of the molecule is COc1ccc(C2(c3ccc(-c4ccccc4)cc3)C=Cc3c4c(c5ccccc5c3O2)-c2ccccc2C42CC(C)(C)CC(C)(C)C2)cc1. The summed E-state index contributed by atoms with van der Waals surface area (Å²) in [6.07, 6.45) is 8.15. The van der Waals surface area contributed by atoms with Gasteiger partial charge in [0.2, 0.25) is 0 Å². The molecule has 1 atom stereocenters. The summed E-state index contributed by atoms with van der Waals surface area (Å²) in [4.78, 5) is 0. The molecule has 2 aliphatic carbocycles. The number of hydrogen-bond donors (Lipinski definition) is 0. The molecular formula is C48H44O2. The topological polar surface area (TPSA) is 18.5 Å². The van der Waals surface area contributed by atoms with Gasteiger partial charge in [0.05, 0.1) is 7.11 Å². The molecule has 0 radical (unpaired) electrons. The molecule has 1 aliphatic heterocycles. The second-order valence-corrected chi connectivity index (χ2v) is 16.4. The lowest BCUT2D eigenvalue weighted by Gasteiger charge is -2.52. The number of fused-ring (bicyclic) bond motifs is 10. The molecule has 2 nitrogen and oxygen atoms in total. The first-order chi connectivity index (χ1) is 24.1. The number of hydrogen-bond acceptors (Lipinski definition) is 2. The third kappa shape index (κ3) is 4.61. The Morgan fingerprint density at radius 1 is 0.580 bits per heavy atom. The van der Waals surface area contributed by atoms with E-state index in [1.165, 1.54) is 50.8 Å². The first kappa shape index (κ1) is 30.9. The zero-order chi connectivity index (χ0) is 34.3. The quantitative estimate of drug-likeness (QED) is 0.189. The molecule has 6 aromatic rings. The van der Waals surface area contributed by atoms with Crippen LogP contribution in [-0.4, -0.2) is 7.11 Å². The first-order valence-electron chi connectivity index (χ1n) is 18.0. The Kier molecular flexibility index (Phi) is 6.78. The summed E-state index contributed by atoms with van der Waals surface area (Å²) >= 11 is 0. The molecule has 0 amide bonds. The molecule has 1 spiro atoms. The number of methoxy groups -OCH3 is 1. The average Bonchev–Trinajstić information content (AvgIpc) is 3.39. The zero-order valence-corrected chi connectivity index (χ0v) is 29.7. The Morgan fingerprint density at radius 3 is 1.84 bits per heavy atom. The highest BCUT2D eigenvalue weighted by molar-refractivity contribution is 6.08. The average molecular weight is 653 g/mol.